The zero-order valence-electron chi connectivity index (χ0n) is 15.5. The van der Waals surface area contributed by atoms with E-state index < -0.39 is 29.9 Å². The maximum Gasteiger partial charge on any atom is 0.407 e. The zero-order valence-corrected chi connectivity index (χ0v) is 15.5. The number of ether oxygens (including phenoxy) is 1. The number of benzene rings is 1. The van der Waals surface area contributed by atoms with Gasteiger partial charge in [-0.3, -0.25) is 0 Å². The van der Waals surface area contributed by atoms with Crippen LogP contribution in [0.3, 0.4) is 0 Å². The van der Waals surface area contributed by atoms with Crippen LogP contribution in [0.15, 0.2) is 30.3 Å². The van der Waals surface area contributed by atoms with E-state index >= 15 is 0 Å². The van der Waals surface area contributed by atoms with Gasteiger partial charge in [-0.2, -0.15) is 0 Å². The molecule has 4 N–H and O–H groups in total. The molecule has 0 aromatic heterocycles. The molecule has 1 amide bonds. The van der Waals surface area contributed by atoms with Gasteiger partial charge >= 0.3 is 6.09 Å². The number of aliphatic hydroxyl groups excluding tert-OH is 1. The lowest BCUT2D eigenvalue weighted by Crippen LogP contribution is -2.53. The fourth-order valence-corrected chi connectivity index (χ4v) is 2.57. The second kappa shape index (κ2) is 9.04. The highest BCUT2D eigenvalue weighted by molar-refractivity contribution is 5.68. The topological polar surface area (TPSA) is 84.6 Å². The van der Waals surface area contributed by atoms with Crippen molar-refractivity contribution in [1.29, 1.82) is 0 Å². The molecule has 136 valence electrons. The highest BCUT2D eigenvalue weighted by Crippen LogP contribution is 2.14. The first-order valence-electron chi connectivity index (χ1n) is 8.55. The molecule has 1 aromatic carbocycles. The van der Waals surface area contributed by atoms with Crippen molar-refractivity contribution in [1.82, 2.24) is 5.32 Å². The van der Waals surface area contributed by atoms with Gasteiger partial charge in [-0.1, -0.05) is 44.2 Å². The van der Waals surface area contributed by atoms with E-state index in [0.717, 1.165) is 5.56 Å². The second-order valence-electron chi connectivity index (χ2n) is 7.73. The number of aliphatic hydroxyl groups is 1. The largest absolute Gasteiger partial charge is 0.444 e. The number of amides is 1. The van der Waals surface area contributed by atoms with E-state index in [2.05, 4.69) is 19.2 Å². The minimum absolute atomic E-state index is 0.369. The number of nitrogens with two attached hydrogens (primary N) is 1. The van der Waals surface area contributed by atoms with E-state index in [1.807, 2.05) is 30.3 Å². The number of nitrogens with one attached hydrogen (secondary N) is 1. The summed E-state index contributed by atoms with van der Waals surface area (Å²) in [5.74, 6) is 0.369. The van der Waals surface area contributed by atoms with E-state index in [9.17, 15) is 9.90 Å². The predicted octanol–water partition coefficient (Wildman–Crippen LogP) is 2.86. The first-order chi connectivity index (χ1) is 11.1. The van der Waals surface area contributed by atoms with Crippen LogP contribution in [0.25, 0.3) is 0 Å². The Kier molecular flexibility index (Phi) is 7.70. The van der Waals surface area contributed by atoms with Crippen LogP contribution in [0.4, 0.5) is 4.79 Å². The molecule has 0 radical (unpaired) electrons. The minimum Gasteiger partial charge on any atom is -0.444 e. The first kappa shape index (κ1) is 20.5. The Balaban J connectivity index is 2.84. The molecule has 1 aromatic rings. The maximum atomic E-state index is 12.1. The molecule has 5 nitrogen and oxygen atoms in total. The predicted molar refractivity (Wildman–Crippen MR) is 96.7 cm³/mol. The van der Waals surface area contributed by atoms with Gasteiger partial charge in [-0.25, -0.2) is 4.79 Å². The van der Waals surface area contributed by atoms with Crippen LogP contribution in [0.1, 0.15) is 46.6 Å². The molecule has 5 heteroatoms. The van der Waals surface area contributed by atoms with Gasteiger partial charge in [0.15, 0.2) is 0 Å². The summed E-state index contributed by atoms with van der Waals surface area (Å²) in [5, 5.41) is 13.4. The molecule has 3 atom stereocenters. The molecule has 24 heavy (non-hydrogen) atoms. The third kappa shape index (κ3) is 7.79. The summed E-state index contributed by atoms with van der Waals surface area (Å²) in [6.45, 7) is 9.53. The highest BCUT2D eigenvalue weighted by Gasteiger charge is 2.29. The Labute approximate surface area is 145 Å². The lowest BCUT2D eigenvalue weighted by atomic mass is 9.92. The molecule has 0 saturated heterocycles. The number of alkyl carbamates (subject to hydrolysis) is 1. The van der Waals surface area contributed by atoms with Gasteiger partial charge in [0.25, 0.3) is 0 Å². The molecule has 3 unspecified atom stereocenters. The van der Waals surface area contributed by atoms with E-state index in [1.165, 1.54) is 0 Å². The summed E-state index contributed by atoms with van der Waals surface area (Å²) in [6, 6.07) is 8.81. The molecule has 0 heterocycles. The van der Waals surface area contributed by atoms with Gasteiger partial charge in [0.2, 0.25) is 0 Å². The molecular weight excluding hydrogens is 304 g/mol. The van der Waals surface area contributed by atoms with Crippen molar-refractivity contribution < 1.29 is 14.6 Å². The van der Waals surface area contributed by atoms with Crippen LogP contribution in [0, 0.1) is 5.92 Å². The molecule has 0 aliphatic heterocycles. The van der Waals surface area contributed by atoms with Crippen LogP contribution >= 0.6 is 0 Å². The fourth-order valence-electron chi connectivity index (χ4n) is 2.57. The quantitative estimate of drug-likeness (QED) is 0.715. The molecular formula is C19H32N2O3. The molecule has 0 aliphatic rings. The summed E-state index contributed by atoms with van der Waals surface area (Å²) in [7, 11) is 0. The van der Waals surface area contributed by atoms with Crippen LogP contribution < -0.4 is 11.1 Å². The summed E-state index contributed by atoms with van der Waals surface area (Å²) in [5.41, 5.74) is 6.57. The summed E-state index contributed by atoms with van der Waals surface area (Å²) in [6.07, 6.45) is -0.213. The number of rotatable bonds is 7. The average Bonchev–Trinajstić information content (AvgIpc) is 2.44. The molecule has 0 spiro atoms. The summed E-state index contributed by atoms with van der Waals surface area (Å²) < 4.78 is 5.31. The van der Waals surface area contributed by atoms with Gasteiger partial charge in [-0.15, -0.1) is 0 Å². The Bertz CT molecular complexity index is 497. The van der Waals surface area contributed by atoms with Gasteiger partial charge in [0.1, 0.15) is 5.60 Å². The van der Waals surface area contributed by atoms with Crippen molar-refractivity contribution in [2.75, 3.05) is 0 Å². The highest BCUT2D eigenvalue weighted by atomic mass is 16.6. The molecule has 0 saturated carbocycles. The van der Waals surface area contributed by atoms with Crippen LogP contribution in [-0.4, -0.2) is 35.0 Å². The zero-order chi connectivity index (χ0) is 18.3. The van der Waals surface area contributed by atoms with Crippen molar-refractivity contribution >= 4 is 6.09 Å². The maximum absolute atomic E-state index is 12.1. The Morgan fingerprint density at radius 2 is 1.83 bits per heavy atom. The molecule has 0 bridgehead atoms. The Morgan fingerprint density at radius 3 is 2.33 bits per heavy atom. The lowest BCUT2D eigenvalue weighted by Gasteiger charge is -2.30. The van der Waals surface area contributed by atoms with Gasteiger partial charge in [-0.05, 0) is 45.1 Å². The number of carbonyl (C=O) groups is 1. The van der Waals surface area contributed by atoms with Crippen LogP contribution in [0.5, 0.6) is 0 Å². The van der Waals surface area contributed by atoms with E-state index in [0.29, 0.717) is 18.8 Å². The fraction of sp³-hybridized carbons (Fsp3) is 0.632. The van der Waals surface area contributed by atoms with Crippen LogP contribution in [0.2, 0.25) is 0 Å². The Hall–Kier alpha value is -1.59. The van der Waals surface area contributed by atoms with Gasteiger partial charge in [0, 0.05) is 6.04 Å². The van der Waals surface area contributed by atoms with Crippen molar-refractivity contribution in [3.05, 3.63) is 35.9 Å². The minimum atomic E-state index is -0.847. The Morgan fingerprint density at radius 1 is 1.25 bits per heavy atom. The second-order valence-corrected chi connectivity index (χ2v) is 7.73. The average molecular weight is 336 g/mol. The van der Waals surface area contributed by atoms with Crippen molar-refractivity contribution in [2.45, 2.75) is 71.2 Å². The molecule has 0 aliphatic carbocycles. The third-order valence-electron chi connectivity index (χ3n) is 3.60. The number of hydrogen-bond donors (Lipinski definition) is 3. The monoisotopic (exact) mass is 336 g/mol. The number of carbonyl (C=O) groups excluding carboxylic acids is 1. The van der Waals surface area contributed by atoms with Gasteiger partial charge < -0.3 is 20.9 Å². The van der Waals surface area contributed by atoms with E-state index in [1.54, 1.807) is 20.8 Å². The standard InChI is InChI=1S/C19H32N2O3/c1-13(2)11-15(20)17(22)16(12-14-9-7-6-8-10-14)21-18(23)24-19(3,4)5/h6-10,13,15-17,22H,11-12,20H2,1-5H3,(H,21,23). The molecule has 1 rings (SSSR count). The SMILES string of the molecule is CC(C)CC(N)C(O)C(Cc1ccccc1)NC(=O)OC(C)(C)C. The third-order valence-corrected chi connectivity index (χ3v) is 3.60. The lowest BCUT2D eigenvalue weighted by molar-refractivity contribution is 0.0382. The van der Waals surface area contributed by atoms with E-state index in [-0.39, 0.29) is 0 Å². The van der Waals surface area contributed by atoms with Gasteiger partial charge in [0.05, 0.1) is 12.1 Å². The summed E-state index contributed by atoms with van der Waals surface area (Å²) >= 11 is 0. The normalized spacial score (nSPS) is 15.7. The number of hydrogen-bond acceptors (Lipinski definition) is 4. The van der Waals surface area contributed by atoms with Crippen molar-refractivity contribution in [3.63, 3.8) is 0 Å². The van der Waals surface area contributed by atoms with E-state index in [4.69, 9.17) is 10.5 Å². The molecule has 0 fully saturated rings. The smallest absolute Gasteiger partial charge is 0.407 e. The van der Waals surface area contributed by atoms with Crippen molar-refractivity contribution in [3.8, 4) is 0 Å². The van der Waals surface area contributed by atoms with Crippen molar-refractivity contribution in [2.24, 2.45) is 11.7 Å². The summed E-state index contributed by atoms with van der Waals surface area (Å²) in [4.78, 5) is 12.1. The first-order valence-corrected chi connectivity index (χ1v) is 8.55. The van der Waals surface area contributed by atoms with Crippen LogP contribution in [-0.2, 0) is 11.2 Å².